The minimum Gasteiger partial charge on any atom is -0.456 e. The molecule has 12 aromatic rings. The molecule has 0 unspecified atom stereocenters. The molecule has 0 aliphatic rings. The van der Waals surface area contributed by atoms with Crippen molar-refractivity contribution in [2.24, 2.45) is 0 Å². The SMILES string of the molecule is [2H]c1cc2sc3c4ccc([2H])c([2H])c4c([2H])c([2H])c3c2c(-c2nc(-c3cccc(-c4ccc(-c5ccccc5)cc4)c3)nc(-c3ccc4c(c3)oc3cccc(-c5ccccc5)c34)n2)c1[2H]. The molecule has 0 aliphatic carbocycles. The van der Waals surface area contributed by atoms with Crippen molar-refractivity contribution in [2.45, 2.75) is 0 Å². The third kappa shape index (κ3) is 5.78. The van der Waals surface area contributed by atoms with Crippen LogP contribution in [0.5, 0.6) is 0 Å². The monoisotopic (exact) mass is 789 g/mol. The molecule has 0 atom stereocenters. The fourth-order valence-corrected chi connectivity index (χ4v) is 9.39. The summed E-state index contributed by atoms with van der Waals surface area (Å²) in [5.74, 6) is 0.803. The average Bonchev–Trinajstić information content (AvgIpc) is 3.93. The van der Waals surface area contributed by atoms with Crippen molar-refractivity contribution in [1.82, 2.24) is 15.0 Å². The number of hydrogen-bond donors (Lipinski definition) is 0. The number of hydrogen-bond acceptors (Lipinski definition) is 5. The highest BCUT2D eigenvalue weighted by molar-refractivity contribution is 7.26. The maximum Gasteiger partial charge on any atom is 0.164 e. The van der Waals surface area contributed by atoms with Gasteiger partial charge in [-0.1, -0.05) is 170 Å². The van der Waals surface area contributed by atoms with Crippen LogP contribution in [0, 0.1) is 0 Å². The van der Waals surface area contributed by atoms with Gasteiger partial charge in [0.25, 0.3) is 0 Å². The van der Waals surface area contributed by atoms with Gasteiger partial charge in [-0.2, -0.15) is 0 Å². The Morgan fingerprint density at radius 2 is 1.07 bits per heavy atom. The number of benzene rings is 9. The van der Waals surface area contributed by atoms with Crippen LogP contribution < -0.4 is 0 Å². The summed E-state index contributed by atoms with van der Waals surface area (Å²) >= 11 is 1.33. The summed E-state index contributed by atoms with van der Waals surface area (Å²) in [7, 11) is 0. The van der Waals surface area contributed by atoms with Gasteiger partial charge in [-0.15, -0.1) is 11.3 Å². The third-order valence-electron chi connectivity index (χ3n) is 11.1. The second-order valence-electron chi connectivity index (χ2n) is 14.7. The first kappa shape index (κ1) is 28.6. The fourth-order valence-electron chi connectivity index (χ4n) is 8.21. The highest BCUT2D eigenvalue weighted by Gasteiger charge is 2.20. The molecule has 0 aliphatic heterocycles. The molecule has 9 aromatic carbocycles. The molecule has 0 spiro atoms. The van der Waals surface area contributed by atoms with Gasteiger partial charge >= 0.3 is 0 Å². The maximum absolute atomic E-state index is 9.45. The largest absolute Gasteiger partial charge is 0.456 e. The predicted octanol–water partition coefficient (Wildman–Crippen LogP) is 15.3. The number of fused-ring (bicyclic) bond motifs is 8. The lowest BCUT2D eigenvalue weighted by molar-refractivity contribution is 0.669. The van der Waals surface area contributed by atoms with Crippen LogP contribution in [0.25, 0.3) is 120 Å². The lowest BCUT2D eigenvalue weighted by atomic mass is 9.99. The molecule has 0 amide bonds. The van der Waals surface area contributed by atoms with Crippen molar-refractivity contribution in [3.8, 4) is 67.5 Å². The Morgan fingerprint density at radius 3 is 1.88 bits per heavy atom. The summed E-state index contributed by atoms with van der Waals surface area (Å²) in [5, 5.41) is 3.62. The molecular weight excluding hydrogens is 751 g/mol. The minimum absolute atomic E-state index is 0.0329. The zero-order chi connectivity index (χ0) is 44.8. The van der Waals surface area contributed by atoms with E-state index in [0.717, 1.165) is 49.7 Å². The molecule has 0 N–H and O–H groups in total. The van der Waals surface area contributed by atoms with Crippen LogP contribution in [-0.4, -0.2) is 15.0 Å². The van der Waals surface area contributed by atoms with Crippen molar-refractivity contribution in [2.75, 3.05) is 0 Å². The van der Waals surface area contributed by atoms with Gasteiger partial charge in [-0.25, -0.2) is 15.0 Å². The first-order valence-corrected chi connectivity index (χ1v) is 20.4. The Morgan fingerprint density at radius 1 is 0.400 bits per heavy atom. The lowest BCUT2D eigenvalue weighted by Crippen LogP contribution is -2.00. The first-order chi connectivity index (χ1) is 32.2. The molecule has 3 aromatic heterocycles. The van der Waals surface area contributed by atoms with Crippen LogP contribution in [-0.2, 0) is 0 Å². The summed E-state index contributed by atoms with van der Waals surface area (Å²) in [4.78, 5) is 15.3. The third-order valence-corrected chi connectivity index (χ3v) is 12.3. The summed E-state index contributed by atoms with van der Waals surface area (Å²) in [6.07, 6.45) is 0. The zero-order valence-corrected chi connectivity index (χ0v) is 32.6. The smallest absolute Gasteiger partial charge is 0.164 e. The second-order valence-corrected chi connectivity index (χ2v) is 15.7. The Bertz CT molecular complexity index is 3950. The van der Waals surface area contributed by atoms with Crippen LogP contribution in [0.4, 0.5) is 0 Å². The number of thiophene rings is 1. The van der Waals surface area contributed by atoms with Crippen LogP contribution in [0.15, 0.2) is 204 Å². The molecule has 4 nitrogen and oxygen atoms in total. The van der Waals surface area contributed by atoms with Gasteiger partial charge < -0.3 is 4.42 Å². The van der Waals surface area contributed by atoms with E-state index in [2.05, 4.69) is 54.6 Å². The van der Waals surface area contributed by atoms with Crippen molar-refractivity contribution in [1.29, 1.82) is 0 Å². The van der Waals surface area contributed by atoms with Crippen molar-refractivity contribution < 1.29 is 12.6 Å². The number of aromatic nitrogens is 3. The molecule has 280 valence electrons. The lowest BCUT2D eigenvalue weighted by Gasteiger charge is -2.11. The molecule has 5 heteroatoms. The van der Waals surface area contributed by atoms with Crippen molar-refractivity contribution in [3.05, 3.63) is 200 Å². The van der Waals surface area contributed by atoms with Crippen LogP contribution in [0.1, 0.15) is 8.22 Å². The molecule has 12 rings (SSSR count). The Balaban J connectivity index is 1.09. The Hall–Kier alpha value is -7.73. The molecule has 3 heterocycles. The highest BCUT2D eigenvalue weighted by Crippen LogP contribution is 2.43. The van der Waals surface area contributed by atoms with Crippen LogP contribution >= 0.6 is 11.3 Å². The molecular formula is C55H33N3OS. The van der Waals surface area contributed by atoms with Gasteiger partial charge in [0.1, 0.15) is 11.2 Å². The average molecular weight is 790 g/mol. The van der Waals surface area contributed by atoms with E-state index in [0.29, 0.717) is 53.9 Å². The van der Waals surface area contributed by atoms with E-state index in [1.165, 1.54) is 17.4 Å². The van der Waals surface area contributed by atoms with E-state index in [1.807, 2.05) is 91.0 Å². The van der Waals surface area contributed by atoms with E-state index < -0.39 is 0 Å². The Labute approximate surface area is 358 Å². The summed E-state index contributed by atoms with van der Waals surface area (Å²) in [5.41, 5.74) is 9.32. The van der Waals surface area contributed by atoms with Gasteiger partial charge in [-0.05, 0) is 74.5 Å². The minimum atomic E-state index is -0.177. The van der Waals surface area contributed by atoms with Gasteiger partial charge in [0.05, 0.1) is 8.22 Å². The molecule has 0 bridgehead atoms. The first-order valence-electron chi connectivity index (χ1n) is 22.6. The highest BCUT2D eigenvalue weighted by atomic mass is 32.1. The summed E-state index contributed by atoms with van der Waals surface area (Å²) in [6, 6.07) is 53.0. The maximum atomic E-state index is 9.45. The van der Waals surface area contributed by atoms with E-state index in [9.17, 15) is 2.74 Å². The molecule has 0 saturated heterocycles. The van der Waals surface area contributed by atoms with Gasteiger partial charge in [0, 0.05) is 47.6 Å². The Kier molecular flexibility index (Phi) is 6.67. The second kappa shape index (κ2) is 14.0. The van der Waals surface area contributed by atoms with E-state index >= 15 is 0 Å². The number of furan rings is 1. The summed E-state index contributed by atoms with van der Waals surface area (Å²) < 4.78 is 61.6. The standard InChI is InChI=1S/C55H33N3OS/c1-3-12-34(13-4-1)35-24-26-36(27-25-35)39-17-9-18-40(32-39)53-56-54(41-29-30-44-48(33-41)59-47-22-10-20-42(50(44)47)37-14-5-2-6-15-37)58-55(57-53)46-21-11-23-49-51(46)45-31-28-38-16-7-8-19-43(38)52(45)60-49/h1-33H/i7D,11D,16D,21D,28D,31D. The molecule has 0 saturated carbocycles. The quantitative estimate of drug-likeness (QED) is 0.168. The van der Waals surface area contributed by atoms with Gasteiger partial charge in [0.2, 0.25) is 0 Å². The van der Waals surface area contributed by atoms with Gasteiger partial charge in [0.15, 0.2) is 17.5 Å². The number of rotatable bonds is 6. The van der Waals surface area contributed by atoms with E-state index in [1.54, 1.807) is 12.1 Å². The van der Waals surface area contributed by atoms with Crippen molar-refractivity contribution in [3.63, 3.8) is 0 Å². The van der Waals surface area contributed by atoms with Gasteiger partial charge in [-0.3, -0.25) is 0 Å². The van der Waals surface area contributed by atoms with E-state index in [4.69, 9.17) is 24.9 Å². The summed E-state index contributed by atoms with van der Waals surface area (Å²) in [6.45, 7) is 0. The van der Waals surface area contributed by atoms with Crippen LogP contribution in [0.2, 0.25) is 0 Å². The van der Waals surface area contributed by atoms with E-state index in [-0.39, 0.29) is 53.0 Å². The number of nitrogens with zero attached hydrogens (tertiary/aromatic N) is 3. The van der Waals surface area contributed by atoms with Crippen molar-refractivity contribution >= 4 is 64.2 Å². The molecule has 60 heavy (non-hydrogen) atoms. The normalized spacial score (nSPS) is 13.1. The van der Waals surface area contributed by atoms with Crippen LogP contribution in [0.3, 0.4) is 0 Å². The fraction of sp³-hybridized carbons (Fsp3) is 0. The topological polar surface area (TPSA) is 51.8 Å². The predicted molar refractivity (Wildman–Crippen MR) is 250 cm³/mol. The zero-order valence-electron chi connectivity index (χ0n) is 37.7. The molecule has 0 radical (unpaired) electrons. The molecule has 0 fully saturated rings.